The third-order valence-electron chi connectivity index (χ3n) is 3.79. The zero-order chi connectivity index (χ0) is 12.6. The molecular formula is C14H9NO2S2. The second-order valence-corrected chi connectivity index (χ2v) is 6.99. The van der Waals surface area contributed by atoms with E-state index in [4.69, 9.17) is 9.15 Å². The fourth-order valence-corrected chi connectivity index (χ4v) is 4.88. The van der Waals surface area contributed by atoms with E-state index >= 15 is 0 Å². The minimum Gasteiger partial charge on any atom is -0.465 e. The summed E-state index contributed by atoms with van der Waals surface area (Å²) in [6.45, 7) is 2.11. The molecule has 0 saturated carbocycles. The molecule has 0 aromatic carbocycles. The molecule has 0 aliphatic carbocycles. The first-order chi connectivity index (χ1) is 9.24. The number of pyridine rings is 1. The number of nitrogens with zero attached hydrogens (tertiary/aromatic N) is 1. The van der Waals surface area contributed by atoms with Crippen molar-refractivity contribution in [1.82, 2.24) is 4.98 Å². The van der Waals surface area contributed by atoms with Crippen LogP contribution in [0.5, 0.6) is 5.88 Å². The topological polar surface area (TPSA) is 35.3 Å². The van der Waals surface area contributed by atoms with Gasteiger partial charge in [0.1, 0.15) is 11.2 Å². The molecule has 5 rings (SSSR count). The van der Waals surface area contributed by atoms with Crippen LogP contribution in [0, 0.1) is 0 Å². The number of fused-ring (bicyclic) bond motifs is 6. The monoisotopic (exact) mass is 287 g/mol. The lowest BCUT2D eigenvalue weighted by molar-refractivity contribution is 0.165. The molecule has 3 nitrogen and oxygen atoms in total. The Hall–Kier alpha value is -1.46. The maximum atomic E-state index is 6.02. The zero-order valence-corrected chi connectivity index (χ0v) is 11.7. The quantitative estimate of drug-likeness (QED) is 0.610. The van der Waals surface area contributed by atoms with Crippen molar-refractivity contribution in [3.05, 3.63) is 34.6 Å². The highest BCUT2D eigenvalue weighted by molar-refractivity contribution is 8.02. The lowest BCUT2D eigenvalue weighted by Crippen LogP contribution is -2.27. The first-order valence-corrected chi connectivity index (χ1v) is 7.90. The summed E-state index contributed by atoms with van der Waals surface area (Å²) in [5.74, 6) is 0.721. The third kappa shape index (κ3) is 1.18. The van der Waals surface area contributed by atoms with Gasteiger partial charge in [0.25, 0.3) is 0 Å². The van der Waals surface area contributed by atoms with E-state index in [0.717, 1.165) is 16.8 Å². The molecule has 2 atom stereocenters. The van der Waals surface area contributed by atoms with Crippen molar-refractivity contribution in [2.75, 3.05) is 0 Å². The maximum absolute atomic E-state index is 6.02. The zero-order valence-electron chi connectivity index (χ0n) is 10.0. The summed E-state index contributed by atoms with van der Waals surface area (Å²) in [6, 6.07) is 4.18. The highest BCUT2D eigenvalue weighted by Crippen LogP contribution is 2.55. The molecule has 0 radical (unpaired) electrons. The molecule has 5 heterocycles. The number of thiophene rings is 1. The Labute approximate surface area is 117 Å². The molecule has 0 fully saturated rings. The van der Waals surface area contributed by atoms with E-state index in [9.17, 15) is 0 Å². The maximum Gasteiger partial charge on any atom is 0.231 e. The fraction of sp³-hybridized carbons (Fsp3) is 0.214. The van der Waals surface area contributed by atoms with Crippen molar-refractivity contribution in [3.63, 3.8) is 0 Å². The predicted molar refractivity (Wildman–Crippen MR) is 77.9 cm³/mol. The van der Waals surface area contributed by atoms with Crippen LogP contribution in [0.4, 0.5) is 0 Å². The second kappa shape index (κ2) is 3.16. The number of hydrogen-bond donors (Lipinski definition) is 0. The van der Waals surface area contributed by atoms with Crippen LogP contribution in [-0.4, -0.2) is 10.6 Å². The van der Waals surface area contributed by atoms with Crippen molar-refractivity contribution in [3.8, 4) is 5.88 Å². The third-order valence-corrected chi connectivity index (χ3v) is 6.01. The summed E-state index contributed by atoms with van der Waals surface area (Å²) in [5, 5.41) is 5.58. The minimum absolute atomic E-state index is 0.257. The second-order valence-electron chi connectivity index (χ2n) is 5.06. The van der Waals surface area contributed by atoms with Crippen LogP contribution in [0.25, 0.3) is 21.4 Å². The van der Waals surface area contributed by atoms with E-state index in [0.29, 0.717) is 11.0 Å². The van der Waals surface area contributed by atoms with Gasteiger partial charge < -0.3 is 9.15 Å². The van der Waals surface area contributed by atoms with Gasteiger partial charge in [-0.2, -0.15) is 4.98 Å². The molecule has 2 aliphatic heterocycles. The molecule has 94 valence electrons. The minimum atomic E-state index is -0.257. The van der Waals surface area contributed by atoms with Crippen molar-refractivity contribution in [2.45, 2.75) is 17.8 Å². The Morgan fingerprint density at radius 3 is 3.32 bits per heavy atom. The van der Waals surface area contributed by atoms with Gasteiger partial charge in [0.05, 0.1) is 15.3 Å². The highest BCUT2D eigenvalue weighted by Gasteiger charge is 2.47. The molecule has 3 aromatic rings. The molecule has 0 bridgehead atoms. The molecule has 5 heteroatoms. The van der Waals surface area contributed by atoms with Crippen LogP contribution >= 0.6 is 23.1 Å². The van der Waals surface area contributed by atoms with Gasteiger partial charge in [-0.05, 0) is 35.9 Å². The smallest absolute Gasteiger partial charge is 0.231 e. The first kappa shape index (κ1) is 10.3. The van der Waals surface area contributed by atoms with Crippen molar-refractivity contribution >= 4 is 44.5 Å². The molecule has 0 spiro atoms. The Balaban J connectivity index is 1.84. The number of aromatic nitrogens is 1. The average molecular weight is 287 g/mol. The van der Waals surface area contributed by atoms with Gasteiger partial charge in [-0.15, -0.1) is 23.1 Å². The van der Waals surface area contributed by atoms with Crippen LogP contribution in [0.15, 0.2) is 33.4 Å². The van der Waals surface area contributed by atoms with Gasteiger partial charge in [-0.1, -0.05) is 0 Å². The van der Waals surface area contributed by atoms with Crippen LogP contribution in [0.1, 0.15) is 17.7 Å². The van der Waals surface area contributed by atoms with Gasteiger partial charge in [0.15, 0.2) is 0 Å². The number of thioether (sulfide) groups is 1. The van der Waals surface area contributed by atoms with Crippen molar-refractivity contribution in [2.24, 2.45) is 0 Å². The first-order valence-electron chi connectivity index (χ1n) is 6.07. The molecule has 2 unspecified atom stereocenters. The molecule has 2 aliphatic rings. The van der Waals surface area contributed by atoms with Crippen LogP contribution in [-0.2, 0) is 0 Å². The SMILES string of the molecule is CC12C=CSC1c1cc3c(nc1O2)oc1ccsc13. The van der Waals surface area contributed by atoms with Crippen LogP contribution in [0.2, 0.25) is 0 Å². The van der Waals surface area contributed by atoms with Crippen molar-refractivity contribution in [1.29, 1.82) is 0 Å². The fourth-order valence-electron chi connectivity index (χ4n) is 2.84. The van der Waals surface area contributed by atoms with Crippen molar-refractivity contribution < 1.29 is 9.15 Å². The summed E-state index contributed by atoms with van der Waals surface area (Å²) in [6.07, 6.45) is 2.12. The number of furan rings is 1. The van der Waals surface area contributed by atoms with Gasteiger partial charge >= 0.3 is 0 Å². The Kier molecular flexibility index (Phi) is 1.72. The molecule has 19 heavy (non-hydrogen) atoms. The Morgan fingerprint density at radius 1 is 1.42 bits per heavy atom. The van der Waals surface area contributed by atoms with E-state index in [-0.39, 0.29) is 5.60 Å². The number of rotatable bonds is 0. The Morgan fingerprint density at radius 2 is 2.37 bits per heavy atom. The van der Waals surface area contributed by atoms with E-state index in [1.54, 1.807) is 23.1 Å². The lowest BCUT2D eigenvalue weighted by Gasteiger charge is -2.20. The van der Waals surface area contributed by atoms with Gasteiger partial charge in [0, 0.05) is 5.56 Å². The van der Waals surface area contributed by atoms with Gasteiger partial charge in [-0.3, -0.25) is 0 Å². The van der Waals surface area contributed by atoms with E-state index in [1.165, 1.54) is 10.3 Å². The molecule has 0 saturated heterocycles. The standard InChI is InChI=1S/C14H9NO2S2/c1-14-3-5-19-11(14)8-6-7-10-9(2-4-18-10)16-12(7)15-13(8)17-14/h2-6,11H,1H3. The normalized spacial score (nSPS) is 27.9. The molecular weight excluding hydrogens is 278 g/mol. The van der Waals surface area contributed by atoms with Crippen LogP contribution < -0.4 is 4.74 Å². The summed E-state index contributed by atoms with van der Waals surface area (Å²) < 4.78 is 13.0. The summed E-state index contributed by atoms with van der Waals surface area (Å²) in [7, 11) is 0. The molecule has 0 N–H and O–H groups in total. The highest BCUT2D eigenvalue weighted by atomic mass is 32.2. The van der Waals surface area contributed by atoms with Gasteiger partial charge in [0.2, 0.25) is 11.6 Å². The van der Waals surface area contributed by atoms with E-state index in [2.05, 4.69) is 29.5 Å². The number of hydrogen-bond acceptors (Lipinski definition) is 5. The summed E-state index contributed by atoms with van der Waals surface area (Å²) in [5.41, 5.74) is 2.52. The number of ether oxygens (including phenoxy) is 1. The summed E-state index contributed by atoms with van der Waals surface area (Å²) >= 11 is 3.50. The largest absolute Gasteiger partial charge is 0.465 e. The molecule has 0 amide bonds. The van der Waals surface area contributed by atoms with E-state index < -0.39 is 0 Å². The van der Waals surface area contributed by atoms with Gasteiger partial charge in [-0.25, -0.2) is 0 Å². The average Bonchev–Trinajstić information content (AvgIpc) is 3.05. The lowest BCUT2D eigenvalue weighted by atomic mass is 9.99. The summed E-state index contributed by atoms with van der Waals surface area (Å²) in [4.78, 5) is 4.56. The van der Waals surface area contributed by atoms with Crippen LogP contribution in [0.3, 0.4) is 0 Å². The Bertz CT molecular complexity index is 863. The predicted octanol–water partition coefficient (Wildman–Crippen LogP) is 4.50. The molecule has 3 aromatic heterocycles. The van der Waals surface area contributed by atoms with E-state index in [1.807, 2.05) is 11.4 Å².